The van der Waals surface area contributed by atoms with Gasteiger partial charge in [-0.15, -0.1) is 0 Å². The minimum atomic E-state index is -0.282. The van der Waals surface area contributed by atoms with Crippen LogP contribution in [0.2, 0.25) is 0 Å². The Kier molecular flexibility index (Phi) is 4.11. The maximum atomic E-state index is 13.9. The van der Waals surface area contributed by atoms with Crippen molar-refractivity contribution in [3.63, 3.8) is 0 Å². The van der Waals surface area contributed by atoms with Gasteiger partial charge < -0.3 is 0 Å². The average molecular weight is 363 g/mol. The quantitative estimate of drug-likeness (QED) is 0.618. The number of benzene rings is 2. The van der Waals surface area contributed by atoms with Crippen LogP contribution >= 0.6 is 0 Å². The summed E-state index contributed by atoms with van der Waals surface area (Å²) in [6.07, 6.45) is 1.51. The molecule has 4 aliphatic heterocycles. The van der Waals surface area contributed by atoms with Gasteiger partial charge >= 0.3 is 0 Å². The van der Waals surface area contributed by atoms with Crippen LogP contribution in [0.5, 0.6) is 0 Å². The van der Waals surface area contributed by atoms with Crippen LogP contribution in [0.3, 0.4) is 0 Å². The molecule has 6 heteroatoms. The highest BCUT2D eigenvalue weighted by Crippen LogP contribution is 2.38. The Morgan fingerprint density at radius 3 is 2.07 bits per heavy atom. The van der Waals surface area contributed by atoms with E-state index in [-0.39, 0.29) is 11.2 Å². The summed E-state index contributed by atoms with van der Waals surface area (Å²) in [7, 11) is 0. The summed E-state index contributed by atoms with van der Waals surface area (Å²) in [5.74, 6) is -0.282. The third-order valence-corrected chi connectivity index (χ3v) is 5.59. The third-order valence-electron chi connectivity index (χ3n) is 5.59. The van der Waals surface area contributed by atoms with Crippen molar-refractivity contribution in [3.8, 4) is 0 Å². The minimum Gasteiger partial charge on any atom is -0.276 e. The smallest absolute Gasteiger partial charge is 0.132 e. The molecule has 0 aromatic heterocycles. The molecule has 27 heavy (non-hydrogen) atoms. The first kappa shape index (κ1) is 16.7. The first-order chi connectivity index (χ1) is 13.2. The van der Waals surface area contributed by atoms with Crippen molar-refractivity contribution >= 4 is 11.9 Å². The molecule has 5 nitrogen and oxygen atoms in total. The zero-order valence-electron chi connectivity index (χ0n) is 15.1. The molecule has 4 heterocycles. The van der Waals surface area contributed by atoms with Crippen molar-refractivity contribution in [3.05, 3.63) is 71.5 Å². The Bertz CT molecular complexity index is 857. The Morgan fingerprint density at radius 2 is 1.44 bits per heavy atom. The standard InChI is InChI=1S/C21H22FN5/c22-19-9-5-4-8-18(19)10-23-24-20(17-6-2-1-3-7-17)21-11-25-14-26(12-21)16-27(13-21)15-25/h1-10H,11-16H2/b23-10+,24-20-. The summed E-state index contributed by atoms with van der Waals surface area (Å²) >= 11 is 0. The molecule has 0 N–H and O–H groups in total. The summed E-state index contributed by atoms with van der Waals surface area (Å²) in [4.78, 5) is 7.40. The Hall–Kier alpha value is -2.41. The van der Waals surface area contributed by atoms with Gasteiger partial charge in [0, 0.05) is 25.2 Å². The molecular formula is C21H22FN5. The Labute approximate surface area is 158 Å². The lowest BCUT2D eigenvalue weighted by Gasteiger charge is -2.60. The van der Waals surface area contributed by atoms with Gasteiger partial charge in [0.15, 0.2) is 0 Å². The van der Waals surface area contributed by atoms with Crippen molar-refractivity contribution < 1.29 is 4.39 Å². The number of nitrogens with zero attached hydrogens (tertiary/aromatic N) is 5. The molecule has 0 spiro atoms. The monoisotopic (exact) mass is 363 g/mol. The number of rotatable bonds is 4. The molecule has 4 bridgehead atoms. The Morgan fingerprint density at radius 1 is 0.852 bits per heavy atom. The normalized spacial score (nSPS) is 32.3. The van der Waals surface area contributed by atoms with Crippen LogP contribution < -0.4 is 0 Å². The van der Waals surface area contributed by atoms with E-state index in [9.17, 15) is 4.39 Å². The fourth-order valence-electron chi connectivity index (χ4n) is 4.74. The van der Waals surface area contributed by atoms with Crippen molar-refractivity contribution in [2.75, 3.05) is 39.6 Å². The van der Waals surface area contributed by atoms with Gasteiger partial charge in [-0.3, -0.25) is 14.7 Å². The molecule has 4 fully saturated rings. The topological polar surface area (TPSA) is 34.4 Å². The summed E-state index contributed by atoms with van der Waals surface area (Å²) in [6, 6.07) is 16.9. The lowest BCUT2D eigenvalue weighted by Crippen LogP contribution is -2.74. The minimum absolute atomic E-state index is 0.0668. The Balaban J connectivity index is 1.53. The highest BCUT2D eigenvalue weighted by molar-refractivity contribution is 6.05. The second-order valence-corrected chi connectivity index (χ2v) is 7.77. The molecule has 4 saturated heterocycles. The molecule has 2 aromatic carbocycles. The van der Waals surface area contributed by atoms with Crippen molar-refractivity contribution in [1.29, 1.82) is 0 Å². The van der Waals surface area contributed by atoms with E-state index in [2.05, 4.69) is 37.0 Å². The van der Waals surface area contributed by atoms with Gasteiger partial charge in [0.2, 0.25) is 0 Å². The van der Waals surface area contributed by atoms with Crippen molar-refractivity contribution in [2.24, 2.45) is 15.6 Å². The molecule has 4 aliphatic rings. The summed E-state index contributed by atoms with van der Waals surface area (Å²) in [6.45, 7) is 6.05. The van der Waals surface area contributed by atoms with E-state index in [1.165, 1.54) is 12.3 Å². The second-order valence-electron chi connectivity index (χ2n) is 7.77. The molecule has 0 amide bonds. The highest BCUT2D eigenvalue weighted by Gasteiger charge is 2.51. The summed E-state index contributed by atoms with van der Waals surface area (Å²) < 4.78 is 13.9. The summed E-state index contributed by atoms with van der Waals surface area (Å²) in [5, 5.41) is 8.96. The van der Waals surface area contributed by atoms with Crippen LogP contribution in [0.4, 0.5) is 4.39 Å². The van der Waals surface area contributed by atoms with E-state index < -0.39 is 0 Å². The van der Waals surface area contributed by atoms with E-state index in [4.69, 9.17) is 0 Å². The predicted molar refractivity (Wildman–Crippen MR) is 104 cm³/mol. The average Bonchev–Trinajstić information content (AvgIpc) is 2.66. The van der Waals surface area contributed by atoms with Crippen LogP contribution in [-0.2, 0) is 0 Å². The summed E-state index contributed by atoms with van der Waals surface area (Å²) in [5.41, 5.74) is 2.47. The number of hydrogen-bond acceptors (Lipinski definition) is 5. The third kappa shape index (κ3) is 3.10. The molecule has 0 aliphatic carbocycles. The maximum absolute atomic E-state index is 13.9. The fraction of sp³-hybridized carbons (Fsp3) is 0.333. The number of hydrogen-bond donors (Lipinski definition) is 0. The van der Waals surface area contributed by atoms with Crippen molar-refractivity contribution in [1.82, 2.24) is 14.7 Å². The van der Waals surface area contributed by atoms with E-state index in [1.54, 1.807) is 18.2 Å². The SMILES string of the molecule is Fc1ccccc1/C=N/N=C(/c1ccccc1)C12CN3CN(CN(C3)C1)C2. The van der Waals surface area contributed by atoms with Crippen LogP contribution in [-0.4, -0.2) is 66.3 Å². The van der Waals surface area contributed by atoms with Crippen LogP contribution in [0.1, 0.15) is 11.1 Å². The van der Waals surface area contributed by atoms with Crippen LogP contribution in [0.15, 0.2) is 64.8 Å². The van der Waals surface area contributed by atoms with Crippen molar-refractivity contribution in [2.45, 2.75) is 0 Å². The van der Waals surface area contributed by atoms with Gasteiger partial charge in [-0.25, -0.2) is 4.39 Å². The van der Waals surface area contributed by atoms with Crippen LogP contribution in [0, 0.1) is 11.2 Å². The van der Waals surface area contributed by atoms with E-state index >= 15 is 0 Å². The van der Waals surface area contributed by atoms with E-state index in [0.717, 1.165) is 50.9 Å². The zero-order chi connectivity index (χ0) is 18.3. The molecule has 0 saturated carbocycles. The first-order valence-corrected chi connectivity index (χ1v) is 9.30. The molecular weight excluding hydrogens is 341 g/mol. The van der Waals surface area contributed by atoms with E-state index in [0.29, 0.717) is 5.56 Å². The zero-order valence-corrected chi connectivity index (χ0v) is 15.1. The molecule has 2 aromatic rings. The second kappa shape index (κ2) is 6.64. The molecule has 0 unspecified atom stereocenters. The highest BCUT2D eigenvalue weighted by atomic mass is 19.1. The molecule has 0 radical (unpaired) electrons. The lowest BCUT2D eigenvalue weighted by atomic mass is 9.74. The number of halogens is 1. The first-order valence-electron chi connectivity index (χ1n) is 9.30. The molecule has 0 atom stereocenters. The van der Waals surface area contributed by atoms with Gasteiger partial charge in [0.05, 0.1) is 37.3 Å². The molecule has 6 rings (SSSR count). The fourth-order valence-corrected chi connectivity index (χ4v) is 4.74. The maximum Gasteiger partial charge on any atom is 0.132 e. The lowest BCUT2D eigenvalue weighted by molar-refractivity contribution is -0.149. The van der Waals surface area contributed by atoms with Gasteiger partial charge in [0.1, 0.15) is 5.82 Å². The van der Waals surface area contributed by atoms with Gasteiger partial charge in [-0.2, -0.15) is 10.2 Å². The van der Waals surface area contributed by atoms with Gasteiger partial charge in [-0.05, 0) is 11.6 Å². The predicted octanol–water partition coefficient (Wildman–Crippen LogP) is 2.45. The van der Waals surface area contributed by atoms with Crippen LogP contribution in [0.25, 0.3) is 0 Å². The largest absolute Gasteiger partial charge is 0.276 e. The van der Waals surface area contributed by atoms with Gasteiger partial charge in [0.25, 0.3) is 0 Å². The van der Waals surface area contributed by atoms with Gasteiger partial charge in [-0.1, -0.05) is 48.5 Å². The van der Waals surface area contributed by atoms with E-state index in [1.807, 2.05) is 18.2 Å². The molecule has 138 valence electrons.